The molecule has 1 aromatic heterocycles. The predicted molar refractivity (Wildman–Crippen MR) is 92.6 cm³/mol. The van der Waals surface area contributed by atoms with E-state index in [2.05, 4.69) is 39.0 Å². The SMILES string of the molecule is CCC(C)C(C)=Nc1nc(C2=CC=CCC2)c(Cl)cc1C. The van der Waals surface area contributed by atoms with Crippen molar-refractivity contribution in [3.05, 3.63) is 40.6 Å². The zero-order valence-corrected chi connectivity index (χ0v) is 14.0. The molecule has 0 N–H and O–H groups in total. The van der Waals surface area contributed by atoms with Gasteiger partial charge in [-0.2, -0.15) is 0 Å². The molecule has 21 heavy (non-hydrogen) atoms. The Morgan fingerprint density at radius 3 is 2.86 bits per heavy atom. The van der Waals surface area contributed by atoms with Crippen LogP contribution in [0.15, 0.2) is 29.3 Å². The van der Waals surface area contributed by atoms with E-state index in [0.29, 0.717) is 10.9 Å². The largest absolute Gasteiger partial charge is 0.238 e. The molecule has 0 radical (unpaired) electrons. The number of halogens is 1. The van der Waals surface area contributed by atoms with E-state index < -0.39 is 0 Å². The van der Waals surface area contributed by atoms with Crippen LogP contribution in [0, 0.1) is 12.8 Å². The lowest BCUT2D eigenvalue weighted by molar-refractivity contribution is 0.735. The standard InChI is InChI=1S/C18H23ClN2/c1-5-12(2)14(4)20-18-13(3)11-16(19)17(21-18)15-9-7-6-8-10-15/h6-7,9,11-12H,5,8,10H2,1-4H3. The minimum atomic E-state index is 0.474. The molecule has 1 aliphatic carbocycles. The summed E-state index contributed by atoms with van der Waals surface area (Å²) in [6.45, 7) is 8.46. The van der Waals surface area contributed by atoms with Crippen LogP contribution in [-0.4, -0.2) is 10.7 Å². The van der Waals surface area contributed by atoms with Crippen molar-refractivity contribution in [2.24, 2.45) is 10.9 Å². The van der Waals surface area contributed by atoms with Crippen LogP contribution in [0.3, 0.4) is 0 Å². The van der Waals surface area contributed by atoms with E-state index in [9.17, 15) is 0 Å². The Labute approximate surface area is 132 Å². The summed E-state index contributed by atoms with van der Waals surface area (Å²) < 4.78 is 0. The third kappa shape index (κ3) is 3.82. The fraction of sp³-hybridized carbons (Fsp3) is 0.444. The molecule has 1 atom stereocenters. The Morgan fingerprint density at radius 1 is 1.48 bits per heavy atom. The number of rotatable bonds is 4. The second kappa shape index (κ2) is 7.04. The molecule has 1 aliphatic rings. The van der Waals surface area contributed by atoms with Crippen LogP contribution in [0.5, 0.6) is 0 Å². The van der Waals surface area contributed by atoms with Crippen LogP contribution in [0.25, 0.3) is 5.57 Å². The molecule has 0 aliphatic heterocycles. The maximum atomic E-state index is 6.39. The quantitative estimate of drug-likeness (QED) is 0.634. The fourth-order valence-electron chi connectivity index (χ4n) is 2.28. The van der Waals surface area contributed by atoms with E-state index in [1.54, 1.807) is 0 Å². The van der Waals surface area contributed by atoms with Gasteiger partial charge in [-0.1, -0.05) is 43.7 Å². The van der Waals surface area contributed by atoms with E-state index in [1.165, 1.54) is 5.57 Å². The molecular formula is C18H23ClN2. The van der Waals surface area contributed by atoms with Gasteiger partial charge in [-0.05, 0) is 56.2 Å². The smallest absolute Gasteiger partial charge is 0.155 e. The predicted octanol–water partition coefficient (Wildman–Crippen LogP) is 5.92. The lowest BCUT2D eigenvalue weighted by Gasteiger charge is -2.13. The zero-order valence-electron chi connectivity index (χ0n) is 13.3. The van der Waals surface area contributed by atoms with Crippen LogP contribution < -0.4 is 0 Å². The lowest BCUT2D eigenvalue weighted by atomic mass is 10.0. The molecule has 0 aromatic carbocycles. The highest BCUT2D eigenvalue weighted by Gasteiger charge is 2.13. The summed E-state index contributed by atoms with van der Waals surface area (Å²) in [6.07, 6.45) is 9.45. The maximum absolute atomic E-state index is 6.39. The summed E-state index contributed by atoms with van der Waals surface area (Å²) in [7, 11) is 0. The monoisotopic (exact) mass is 302 g/mol. The second-order valence-corrected chi connectivity index (χ2v) is 6.09. The van der Waals surface area contributed by atoms with Crippen molar-refractivity contribution in [3.63, 3.8) is 0 Å². The van der Waals surface area contributed by atoms with Gasteiger partial charge in [0.2, 0.25) is 0 Å². The molecule has 3 heteroatoms. The van der Waals surface area contributed by atoms with Gasteiger partial charge in [0.1, 0.15) is 0 Å². The van der Waals surface area contributed by atoms with Crippen molar-refractivity contribution < 1.29 is 0 Å². The zero-order chi connectivity index (χ0) is 15.4. The molecular weight excluding hydrogens is 280 g/mol. The molecule has 0 bridgehead atoms. The van der Waals surface area contributed by atoms with Crippen LogP contribution in [-0.2, 0) is 0 Å². The first-order valence-corrected chi connectivity index (χ1v) is 7.99. The average Bonchev–Trinajstić information content (AvgIpc) is 2.49. The Hall–Kier alpha value is -1.41. The molecule has 0 saturated carbocycles. The highest BCUT2D eigenvalue weighted by molar-refractivity contribution is 6.32. The van der Waals surface area contributed by atoms with Gasteiger partial charge in [0.15, 0.2) is 5.82 Å². The topological polar surface area (TPSA) is 25.2 Å². The Morgan fingerprint density at radius 2 is 2.24 bits per heavy atom. The molecule has 2 rings (SSSR count). The van der Waals surface area contributed by atoms with Gasteiger partial charge in [0.25, 0.3) is 0 Å². The Kier molecular flexibility index (Phi) is 5.35. The van der Waals surface area contributed by atoms with Gasteiger partial charge in [-0.15, -0.1) is 0 Å². The lowest BCUT2D eigenvalue weighted by Crippen LogP contribution is -2.05. The van der Waals surface area contributed by atoms with Gasteiger partial charge in [0.05, 0.1) is 10.7 Å². The molecule has 2 nitrogen and oxygen atoms in total. The van der Waals surface area contributed by atoms with E-state index in [1.807, 2.05) is 13.0 Å². The summed E-state index contributed by atoms with van der Waals surface area (Å²) in [5.74, 6) is 1.27. The summed E-state index contributed by atoms with van der Waals surface area (Å²) in [6, 6.07) is 1.98. The number of aromatic nitrogens is 1. The Bertz CT molecular complexity index is 612. The van der Waals surface area contributed by atoms with Crippen molar-refractivity contribution in [2.45, 2.75) is 47.0 Å². The first-order valence-electron chi connectivity index (χ1n) is 7.61. The van der Waals surface area contributed by atoms with Crippen LogP contribution in [0.2, 0.25) is 5.02 Å². The molecule has 0 fully saturated rings. The minimum Gasteiger partial charge on any atom is -0.238 e. The van der Waals surface area contributed by atoms with Crippen LogP contribution in [0.1, 0.15) is 51.3 Å². The normalized spacial score (nSPS) is 16.8. The highest BCUT2D eigenvalue weighted by atomic mass is 35.5. The van der Waals surface area contributed by atoms with Gasteiger partial charge in [-0.3, -0.25) is 0 Å². The van der Waals surface area contributed by atoms with Crippen molar-refractivity contribution in [3.8, 4) is 0 Å². The number of hydrogen-bond acceptors (Lipinski definition) is 2. The number of nitrogens with zero attached hydrogens (tertiary/aromatic N) is 2. The van der Waals surface area contributed by atoms with E-state index in [-0.39, 0.29) is 0 Å². The van der Waals surface area contributed by atoms with Crippen molar-refractivity contribution in [2.75, 3.05) is 0 Å². The third-order valence-electron chi connectivity index (χ3n) is 4.07. The third-order valence-corrected chi connectivity index (χ3v) is 4.35. The molecule has 1 unspecified atom stereocenters. The number of allylic oxidation sites excluding steroid dienone is 4. The van der Waals surface area contributed by atoms with Crippen molar-refractivity contribution >= 4 is 28.7 Å². The molecule has 0 saturated heterocycles. The first kappa shape index (κ1) is 16.0. The van der Waals surface area contributed by atoms with Crippen molar-refractivity contribution in [1.82, 2.24) is 4.98 Å². The van der Waals surface area contributed by atoms with E-state index in [4.69, 9.17) is 21.6 Å². The van der Waals surface area contributed by atoms with Gasteiger partial charge in [0, 0.05) is 5.71 Å². The summed E-state index contributed by atoms with van der Waals surface area (Å²) in [5, 5.41) is 0.717. The van der Waals surface area contributed by atoms with Crippen LogP contribution >= 0.6 is 11.6 Å². The van der Waals surface area contributed by atoms with E-state index in [0.717, 1.165) is 42.0 Å². The van der Waals surface area contributed by atoms with E-state index >= 15 is 0 Å². The Balaban J connectivity index is 2.44. The molecule has 0 amide bonds. The van der Waals surface area contributed by atoms with Crippen LogP contribution in [0.4, 0.5) is 5.82 Å². The fourth-order valence-corrected chi connectivity index (χ4v) is 2.61. The summed E-state index contributed by atoms with van der Waals surface area (Å²) in [5.41, 5.74) is 4.22. The second-order valence-electron chi connectivity index (χ2n) is 5.68. The number of aryl methyl sites for hydroxylation is 1. The summed E-state index contributed by atoms with van der Waals surface area (Å²) in [4.78, 5) is 9.46. The number of pyridine rings is 1. The molecule has 112 valence electrons. The van der Waals surface area contributed by atoms with Gasteiger partial charge in [-0.25, -0.2) is 9.98 Å². The average molecular weight is 303 g/mol. The first-order chi connectivity index (χ1) is 10.0. The molecule has 0 spiro atoms. The molecule has 1 heterocycles. The van der Waals surface area contributed by atoms with Gasteiger partial charge < -0.3 is 0 Å². The minimum absolute atomic E-state index is 0.474. The summed E-state index contributed by atoms with van der Waals surface area (Å²) >= 11 is 6.39. The maximum Gasteiger partial charge on any atom is 0.155 e. The number of hydrogen-bond donors (Lipinski definition) is 0. The number of aliphatic imine (C=N–C) groups is 1. The highest BCUT2D eigenvalue weighted by Crippen LogP contribution is 2.32. The van der Waals surface area contributed by atoms with Gasteiger partial charge >= 0.3 is 0 Å². The van der Waals surface area contributed by atoms with Crippen molar-refractivity contribution in [1.29, 1.82) is 0 Å². The molecule has 1 aromatic rings.